The van der Waals surface area contributed by atoms with Crippen molar-refractivity contribution in [3.8, 4) is 0 Å². The first-order valence-electron chi connectivity index (χ1n) is 11.6. The van der Waals surface area contributed by atoms with E-state index in [9.17, 15) is 14.0 Å². The van der Waals surface area contributed by atoms with Gasteiger partial charge >= 0.3 is 0 Å². The van der Waals surface area contributed by atoms with Gasteiger partial charge in [-0.2, -0.15) is 5.10 Å². The Morgan fingerprint density at radius 2 is 1.97 bits per heavy atom. The predicted molar refractivity (Wildman–Crippen MR) is 136 cm³/mol. The third-order valence-electron chi connectivity index (χ3n) is 6.40. The van der Waals surface area contributed by atoms with E-state index in [2.05, 4.69) is 10.3 Å². The zero-order valence-electron chi connectivity index (χ0n) is 19.9. The van der Waals surface area contributed by atoms with E-state index < -0.39 is 0 Å². The maximum Gasteiger partial charge on any atom is 0.276 e. The molecule has 0 saturated carbocycles. The van der Waals surface area contributed by atoms with Gasteiger partial charge in [0.15, 0.2) is 5.69 Å². The van der Waals surface area contributed by atoms with Crippen LogP contribution in [0.1, 0.15) is 56.2 Å². The summed E-state index contributed by atoms with van der Waals surface area (Å²) in [6.45, 7) is 4.99. The Morgan fingerprint density at radius 1 is 1.19 bits per heavy atom. The summed E-state index contributed by atoms with van der Waals surface area (Å²) in [6, 6.07) is 15.0. The molecule has 1 aliphatic heterocycles. The van der Waals surface area contributed by atoms with Crippen LogP contribution in [0, 0.1) is 12.7 Å². The molecule has 1 unspecified atom stereocenters. The number of aromatic nitrogens is 3. The second kappa shape index (κ2) is 9.62. The largest absolute Gasteiger partial charge is 0.357 e. The molecule has 7 nitrogen and oxygen atoms in total. The van der Waals surface area contributed by atoms with E-state index in [1.807, 2.05) is 13.8 Å². The highest BCUT2D eigenvalue weighted by atomic mass is 35.5. The number of carbonyl (C=O) groups excluding carboxylic acids is 2. The normalized spacial score (nSPS) is 15.0. The number of fused-ring (bicyclic) bond motifs is 1. The Hall–Kier alpha value is -3.91. The maximum atomic E-state index is 13.4. The van der Waals surface area contributed by atoms with Gasteiger partial charge in [0, 0.05) is 40.6 Å². The first-order chi connectivity index (χ1) is 17.3. The van der Waals surface area contributed by atoms with Crippen molar-refractivity contribution >= 4 is 29.1 Å². The molecule has 184 valence electrons. The minimum Gasteiger partial charge on any atom is -0.357 e. The average Bonchev–Trinajstić information content (AvgIpc) is 3.51. The fourth-order valence-electron chi connectivity index (χ4n) is 4.66. The fourth-order valence-corrected chi connectivity index (χ4v) is 4.78. The van der Waals surface area contributed by atoms with Gasteiger partial charge in [0.25, 0.3) is 11.8 Å². The highest BCUT2D eigenvalue weighted by molar-refractivity contribution is 6.31. The number of hydrogen-bond acceptors (Lipinski definition) is 3. The first kappa shape index (κ1) is 23.8. The van der Waals surface area contributed by atoms with E-state index >= 15 is 0 Å². The minimum absolute atomic E-state index is 0.0695. The van der Waals surface area contributed by atoms with Gasteiger partial charge in [0.2, 0.25) is 0 Å². The fraction of sp³-hybridized carbons (Fsp3) is 0.222. The summed E-state index contributed by atoms with van der Waals surface area (Å²) >= 11 is 6.13. The standard InChI is InChI=1S/C27H25ClFN5O2/c1-16-12-20(9-10-22(16)28)31-26(35)24-21-15-33(27(36)23-4-3-11-30-23)13-17(2)25(21)34(32-24)14-18-5-7-19(29)8-6-18/h3-12,17,30H,13-15H2,1-2H3,(H,31,35). The molecule has 36 heavy (non-hydrogen) atoms. The molecule has 2 amide bonds. The van der Waals surface area contributed by atoms with E-state index in [0.29, 0.717) is 35.1 Å². The van der Waals surface area contributed by atoms with E-state index in [0.717, 1.165) is 16.8 Å². The van der Waals surface area contributed by atoms with Gasteiger partial charge in [-0.05, 0) is 60.5 Å². The SMILES string of the molecule is Cc1cc(NC(=O)c2nn(Cc3ccc(F)cc3)c3c2CN(C(=O)c2ccc[nH]2)CC3C)ccc1Cl. The number of H-pyrrole nitrogens is 1. The summed E-state index contributed by atoms with van der Waals surface area (Å²) in [6.07, 6.45) is 1.71. The van der Waals surface area contributed by atoms with Gasteiger partial charge in [-0.25, -0.2) is 4.39 Å². The van der Waals surface area contributed by atoms with Crippen LogP contribution in [-0.2, 0) is 13.1 Å². The second-order valence-electron chi connectivity index (χ2n) is 9.09. The van der Waals surface area contributed by atoms with Crippen molar-refractivity contribution in [2.24, 2.45) is 0 Å². The van der Waals surface area contributed by atoms with Crippen molar-refractivity contribution in [1.29, 1.82) is 0 Å². The van der Waals surface area contributed by atoms with Gasteiger partial charge in [-0.1, -0.05) is 30.7 Å². The summed E-state index contributed by atoms with van der Waals surface area (Å²) in [7, 11) is 0. The van der Waals surface area contributed by atoms with Crippen LogP contribution >= 0.6 is 11.6 Å². The number of rotatable bonds is 5. The lowest BCUT2D eigenvalue weighted by molar-refractivity contribution is 0.0711. The number of aromatic amines is 1. The third-order valence-corrected chi connectivity index (χ3v) is 6.82. The molecule has 1 atom stereocenters. The summed E-state index contributed by atoms with van der Waals surface area (Å²) in [5.41, 5.74) is 4.66. The van der Waals surface area contributed by atoms with E-state index in [1.165, 1.54) is 12.1 Å². The highest BCUT2D eigenvalue weighted by Gasteiger charge is 2.34. The molecule has 9 heteroatoms. The molecular formula is C27H25ClFN5O2. The number of halogens is 2. The van der Waals surface area contributed by atoms with Crippen molar-refractivity contribution in [1.82, 2.24) is 19.7 Å². The van der Waals surface area contributed by atoms with Crippen LogP contribution in [-0.4, -0.2) is 38.0 Å². The zero-order chi connectivity index (χ0) is 25.4. The smallest absolute Gasteiger partial charge is 0.276 e. The number of nitrogens with zero attached hydrogens (tertiary/aromatic N) is 3. The number of benzene rings is 2. The second-order valence-corrected chi connectivity index (χ2v) is 9.49. The molecule has 2 N–H and O–H groups in total. The predicted octanol–water partition coefficient (Wildman–Crippen LogP) is 5.37. The van der Waals surface area contributed by atoms with Crippen LogP contribution in [0.3, 0.4) is 0 Å². The van der Waals surface area contributed by atoms with E-state index in [1.54, 1.807) is 58.2 Å². The van der Waals surface area contributed by atoms with E-state index in [4.69, 9.17) is 16.7 Å². The minimum atomic E-state index is -0.368. The van der Waals surface area contributed by atoms with Crippen molar-refractivity contribution in [2.45, 2.75) is 32.9 Å². The molecule has 0 bridgehead atoms. The zero-order valence-corrected chi connectivity index (χ0v) is 20.6. The number of aryl methyl sites for hydroxylation is 1. The maximum absolute atomic E-state index is 13.4. The molecular weight excluding hydrogens is 481 g/mol. The molecule has 2 aromatic carbocycles. The molecule has 2 aromatic heterocycles. The van der Waals surface area contributed by atoms with Crippen LogP contribution in [0.15, 0.2) is 60.8 Å². The first-order valence-corrected chi connectivity index (χ1v) is 12.0. The lowest BCUT2D eigenvalue weighted by Gasteiger charge is -2.32. The van der Waals surface area contributed by atoms with Gasteiger partial charge in [-0.15, -0.1) is 0 Å². The van der Waals surface area contributed by atoms with Crippen LogP contribution < -0.4 is 5.32 Å². The van der Waals surface area contributed by atoms with Crippen molar-refractivity contribution in [3.05, 3.63) is 105 Å². The lowest BCUT2D eigenvalue weighted by Crippen LogP contribution is -2.38. The van der Waals surface area contributed by atoms with Gasteiger partial charge in [0.1, 0.15) is 11.5 Å². The number of carbonyl (C=O) groups is 2. The Balaban J connectivity index is 1.51. The van der Waals surface area contributed by atoms with Gasteiger partial charge in [0.05, 0.1) is 13.1 Å². The molecule has 0 spiro atoms. The average molecular weight is 506 g/mol. The van der Waals surface area contributed by atoms with Crippen molar-refractivity contribution < 1.29 is 14.0 Å². The van der Waals surface area contributed by atoms with E-state index in [-0.39, 0.29) is 35.8 Å². The Morgan fingerprint density at radius 3 is 2.67 bits per heavy atom. The van der Waals surface area contributed by atoms with Crippen LogP contribution in [0.5, 0.6) is 0 Å². The molecule has 1 aliphatic rings. The summed E-state index contributed by atoms with van der Waals surface area (Å²) in [5, 5.41) is 8.22. The number of nitrogens with one attached hydrogen (secondary N) is 2. The molecule has 0 fully saturated rings. The lowest BCUT2D eigenvalue weighted by atomic mass is 9.95. The molecule has 0 aliphatic carbocycles. The Labute approximate surface area is 212 Å². The monoisotopic (exact) mass is 505 g/mol. The quantitative estimate of drug-likeness (QED) is 0.382. The molecule has 4 aromatic rings. The Kier molecular flexibility index (Phi) is 6.36. The topological polar surface area (TPSA) is 83.0 Å². The van der Waals surface area contributed by atoms with Crippen molar-refractivity contribution in [2.75, 3.05) is 11.9 Å². The van der Waals surface area contributed by atoms with Crippen LogP contribution in [0.25, 0.3) is 0 Å². The number of anilines is 1. The van der Waals surface area contributed by atoms with Crippen LogP contribution in [0.4, 0.5) is 10.1 Å². The van der Waals surface area contributed by atoms with Gasteiger partial charge < -0.3 is 15.2 Å². The van der Waals surface area contributed by atoms with Gasteiger partial charge in [-0.3, -0.25) is 14.3 Å². The molecule has 0 saturated heterocycles. The number of hydrogen-bond donors (Lipinski definition) is 2. The van der Waals surface area contributed by atoms with Crippen LogP contribution in [0.2, 0.25) is 5.02 Å². The summed E-state index contributed by atoms with van der Waals surface area (Å²) in [5.74, 6) is -0.887. The summed E-state index contributed by atoms with van der Waals surface area (Å²) < 4.78 is 15.2. The third kappa shape index (κ3) is 4.64. The highest BCUT2D eigenvalue weighted by Crippen LogP contribution is 2.32. The number of amides is 2. The molecule has 5 rings (SSSR count). The Bertz CT molecular complexity index is 1430. The molecule has 3 heterocycles. The van der Waals surface area contributed by atoms with Crippen molar-refractivity contribution in [3.63, 3.8) is 0 Å². The summed E-state index contributed by atoms with van der Waals surface area (Å²) in [4.78, 5) is 31.2. The molecule has 0 radical (unpaired) electrons.